The quantitative estimate of drug-likeness (QED) is 0.490. The van der Waals surface area contributed by atoms with Gasteiger partial charge in [-0.3, -0.25) is 10.1 Å². The molecule has 0 unspecified atom stereocenters. The number of unbranched alkanes of at least 4 members (excludes halogenated alkanes) is 4. The van der Waals surface area contributed by atoms with Crippen molar-refractivity contribution in [2.45, 2.75) is 70.2 Å². The molecule has 5 heteroatoms. The molecule has 0 aromatic rings. The van der Waals surface area contributed by atoms with Gasteiger partial charge in [0.15, 0.2) is 0 Å². The van der Waals surface area contributed by atoms with Crippen molar-refractivity contribution in [3.63, 3.8) is 0 Å². The predicted octanol–water partition coefficient (Wildman–Crippen LogP) is 1.07. The van der Waals surface area contributed by atoms with E-state index in [1.165, 1.54) is 0 Å². The number of carboxylic acid groups (broad SMARTS) is 1. The number of aliphatic hydroxyl groups excluding tert-OH is 1. The molecule has 1 fully saturated rings. The number of carbonyl (C=O) groups is 1. The minimum absolute atomic E-state index is 0.110. The number of rotatable bonds is 8. The monoisotopic (exact) mass is 258 g/mol. The highest BCUT2D eigenvalue weighted by Gasteiger charge is 2.23. The first-order chi connectivity index (χ1) is 8.59. The first-order valence-electron chi connectivity index (χ1n) is 6.99. The number of aliphatic hydroxyl groups is 1. The maximum atomic E-state index is 10.3. The molecule has 4 N–H and O–H groups in total. The van der Waals surface area contributed by atoms with Crippen LogP contribution in [0.1, 0.15) is 51.9 Å². The molecule has 0 aromatic carbocycles. The van der Waals surface area contributed by atoms with Crippen LogP contribution in [0.25, 0.3) is 0 Å². The van der Waals surface area contributed by atoms with Gasteiger partial charge in [0.25, 0.3) is 0 Å². The van der Waals surface area contributed by atoms with E-state index in [-0.39, 0.29) is 6.04 Å². The molecule has 1 aliphatic heterocycles. The normalized spacial score (nSPS) is 28.2. The summed E-state index contributed by atoms with van der Waals surface area (Å²) in [5.74, 6) is -0.694. The summed E-state index contributed by atoms with van der Waals surface area (Å²) in [5.41, 5.74) is 0. The van der Waals surface area contributed by atoms with Gasteiger partial charge in [-0.1, -0.05) is 25.7 Å². The maximum absolute atomic E-state index is 10.3. The third-order valence-corrected chi connectivity index (χ3v) is 3.49. The Balaban J connectivity index is 1.93. The molecular formula is C13H26N2O3. The summed E-state index contributed by atoms with van der Waals surface area (Å²) in [6, 6.07) is 0.557. The zero-order valence-electron chi connectivity index (χ0n) is 11.2. The Hall–Kier alpha value is -0.650. The Morgan fingerprint density at radius 2 is 1.89 bits per heavy atom. The van der Waals surface area contributed by atoms with E-state index in [2.05, 4.69) is 10.6 Å². The van der Waals surface area contributed by atoms with Gasteiger partial charge in [0.05, 0.1) is 0 Å². The second kappa shape index (κ2) is 8.45. The van der Waals surface area contributed by atoms with Crippen molar-refractivity contribution in [3.05, 3.63) is 0 Å². The van der Waals surface area contributed by atoms with Crippen LogP contribution in [-0.2, 0) is 4.79 Å². The molecule has 1 heterocycles. The van der Waals surface area contributed by atoms with Crippen molar-refractivity contribution in [2.75, 3.05) is 6.54 Å². The van der Waals surface area contributed by atoms with E-state index in [9.17, 15) is 9.90 Å². The summed E-state index contributed by atoms with van der Waals surface area (Å²) in [5, 5.41) is 24.5. The predicted molar refractivity (Wildman–Crippen MR) is 70.4 cm³/mol. The van der Waals surface area contributed by atoms with Crippen LogP contribution in [0.3, 0.4) is 0 Å². The van der Waals surface area contributed by atoms with Crippen LogP contribution in [0.2, 0.25) is 0 Å². The molecule has 1 aliphatic rings. The number of aliphatic carboxylic acids is 1. The van der Waals surface area contributed by atoms with Crippen molar-refractivity contribution in [3.8, 4) is 0 Å². The van der Waals surface area contributed by atoms with E-state index in [0.29, 0.717) is 12.5 Å². The first kappa shape index (κ1) is 15.4. The average molecular weight is 258 g/mol. The fourth-order valence-corrected chi connectivity index (χ4v) is 2.34. The van der Waals surface area contributed by atoms with E-state index < -0.39 is 12.2 Å². The molecule has 5 nitrogen and oxygen atoms in total. The third-order valence-electron chi connectivity index (χ3n) is 3.49. The Labute approximate surface area is 109 Å². The molecule has 0 spiro atoms. The van der Waals surface area contributed by atoms with Crippen molar-refractivity contribution in [1.29, 1.82) is 0 Å². The van der Waals surface area contributed by atoms with Crippen LogP contribution < -0.4 is 10.6 Å². The summed E-state index contributed by atoms with van der Waals surface area (Å²) in [6.45, 7) is 2.81. The van der Waals surface area contributed by atoms with Crippen LogP contribution >= 0.6 is 0 Å². The molecule has 3 atom stereocenters. The van der Waals surface area contributed by atoms with Gasteiger partial charge in [-0.15, -0.1) is 0 Å². The summed E-state index contributed by atoms with van der Waals surface area (Å²) >= 11 is 0. The molecule has 1 rings (SSSR count). The smallest absolute Gasteiger partial charge is 0.303 e. The summed E-state index contributed by atoms with van der Waals surface area (Å²) < 4.78 is 0. The van der Waals surface area contributed by atoms with Gasteiger partial charge < -0.3 is 15.5 Å². The lowest BCUT2D eigenvalue weighted by molar-refractivity contribution is -0.137. The third kappa shape index (κ3) is 6.33. The van der Waals surface area contributed by atoms with Crippen molar-refractivity contribution in [2.24, 2.45) is 0 Å². The van der Waals surface area contributed by atoms with E-state index in [4.69, 9.17) is 5.11 Å². The number of carboxylic acids is 1. The molecule has 0 bridgehead atoms. The fourth-order valence-electron chi connectivity index (χ4n) is 2.34. The minimum atomic E-state index is -0.694. The first-order valence-corrected chi connectivity index (χ1v) is 6.99. The van der Waals surface area contributed by atoms with Gasteiger partial charge in [-0.05, 0) is 19.8 Å². The van der Waals surface area contributed by atoms with E-state index >= 15 is 0 Å². The Bertz CT molecular complexity index is 248. The fraction of sp³-hybridized carbons (Fsp3) is 0.923. The molecule has 0 saturated carbocycles. The lowest BCUT2D eigenvalue weighted by atomic mass is 10.0. The number of hydrogen-bond donors (Lipinski definition) is 4. The highest BCUT2D eigenvalue weighted by Crippen LogP contribution is 2.11. The van der Waals surface area contributed by atoms with E-state index in [1.807, 2.05) is 6.92 Å². The summed E-state index contributed by atoms with van der Waals surface area (Å²) in [7, 11) is 0. The summed E-state index contributed by atoms with van der Waals surface area (Å²) in [6.07, 6.45) is 6.22. The maximum Gasteiger partial charge on any atom is 0.303 e. The SMILES string of the molecule is C[C@@H]1N[C@@H](CCCCCCCC(=O)O)CN[C@H]1O. The minimum Gasteiger partial charge on any atom is -0.481 e. The van der Waals surface area contributed by atoms with Gasteiger partial charge in [0, 0.05) is 25.0 Å². The lowest BCUT2D eigenvalue weighted by Gasteiger charge is -2.33. The standard InChI is InChI=1S/C13H26N2O3/c1-10-13(18)14-9-11(15-10)7-5-3-2-4-6-8-12(16)17/h10-11,13-15,18H,2-9H2,1H3,(H,16,17)/t10-,11-,13-/m0/s1. The van der Waals surface area contributed by atoms with E-state index in [0.717, 1.165) is 45.1 Å². The van der Waals surface area contributed by atoms with Gasteiger partial charge in [-0.2, -0.15) is 0 Å². The molecule has 1 saturated heterocycles. The Morgan fingerprint density at radius 3 is 2.56 bits per heavy atom. The molecule has 0 aromatic heterocycles. The molecule has 0 amide bonds. The van der Waals surface area contributed by atoms with Crippen LogP contribution in [0, 0.1) is 0 Å². The Morgan fingerprint density at radius 1 is 1.22 bits per heavy atom. The topological polar surface area (TPSA) is 81.6 Å². The van der Waals surface area contributed by atoms with Crippen LogP contribution in [0.15, 0.2) is 0 Å². The van der Waals surface area contributed by atoms with Gasteiger partial charge in [0.2, 0.25) is 0 Å². The zero-order chi connectivity index (χ0) is 13.4. The highest BCUT2D eigenvalue weighted by molar-refractivity contribution is 5.66. The van der Waals surface area contributed by atoms with Crippen LogP contribution in [-0.4, -0.2) is 41.0 Å². The zero-order valence-corrected chi connectivity index (χ0v) is 11.2. The van der Waals surface area contributed by atoms with E-state index in [1.54, 1.807) is 0 Å². The second-order valence-corrected chi connectivity index (χ2v) is 5.21. The van der Waals surface area contributed by atoms with Crippen molar-refractivity contribution < 1.29 is 15.0 Å². The Kier molecular flexibility index (Phi) is 7.23. The van der Waals surface area contributed by atoms with Crippen LogP contribution in [0.5, 0.6) is 0 Å². The average Bonchev–Trinajstić information content (AvgIpc) is 2.32. The van der Waals surface area contributed by atoms with Gasteiger partial charge in [-0.25, -0.2) is 0 Å². The van der Waals surface area contributed by atoms with Crippen LogP contribution in [0.4, 0.5) is 0 Å². The largest absolute Gasteiger partial charge is 0.481 e. The molecule has 18 heavy (non-hydrogen) atoms. The number of piperazine rings is 1. The summed E-state index contributed by atoms with van der Waals surface area (Å²) in [4.78, 5) is 10.3. The molecule has 0 aliphatic carbocycles. The second-order valence-electron chi connectivity index (χ2n) is 5.21. The molecular weight excluding hydrogens is 232 g/mol. The molecule has 106 valence electrons. The molecule has 0 radical (unpaired) electrons. The van der Waals surface area contributed by atoms with Gasteiger partial charge in [0.1, 0.15) is 6.23 Å². The van der Waals surface area contributed by atoms with Crippen molar-refractivity contribution >= 4 is 5.97 Å². The highest BCUT2D eigenvalue weighted by atomic mass is 16.4. The lowest BCUT2D eigenvalue weighted by Crippen LogP contribution is -2.59. The number of hydrogen-bond acceptors (Lipinski definition) is 4. The van der Waals surface area contributed by atoms with Gasteiger partial charge >= 0.3 is 5.97 Å². The number of nitrogens with one attached hydrogen (secondary N) is 2. The van der Waals surface area contributed by atoms with Crippen molar-refractivity contribution in [1.82, 2.24) is 10.6 Å².